The highest BCUT2D eigenvalue weighted by Gasteiger charge is 2.05. The van der Waals surface area contributed by atoms with E-state index in [4.69, 9.17) is 10.2 Å². The predicted octanol–water partition coefficient (Wildman–Crippen LogP) is 2.54. The molecule has 0 radical (unpaired) electrons. The number of anilines is 1. The highest BCUT2D eigenvalue weighted by molar-refractivity contribution is 5.62. The van der Waals surface area contributed by atoms with E-state index in [1.165, 1.54) is 0 Å². The first kappa shape index (κ1) is 8.81. The lowest BCUT2D eigenvalue weighted by molar-refractivity contribution is 0.573. The molecule has 0 aliphatic heterocycles. The number of aromatic nitrogens is 1. The average Bonchev–Trinajstić information content (AvgIpc) is 2.57. The van der Waals surface area contributed by atoms with Crippen LogP contribution in [0.15, 0.2) is 28.9 Å². The number of nitrogens with zero attached hydrogens (tertiary/aromatic N) is 1. The van der Waals surface area contributed by atoms with Crippen molar-refractivity contribution >= 4 is 5.69 Å². The molecule has 0 saturated heterocycles. The van der Waals surface area contributed by atoms with E-state index >= 15 is 0 Å². The smallest absolute Gasteiger partial charge is 0.226 e. The third-order valence-electron chi connectivity index (χ3n) is 2.15. The maximum Gasteiger partial charge on any atom is 0.226 e. The van der Waals surface area contributed by atoms with Gasteiger partial charge < -0.3 is 10.2 Å². The van der Waals surface area contributed by atoms with Crippen molar-refractivity contribution in [1.29, 1.82) is 0 Å². The second-order valence-corrected chi connectivity index (χ2v) is 3.37. The Morgan fingerprint density at radius 2 is 2.07 bits per heavy atom. The SMILES string of the molecule is Cc1coc(-c2ccc(C)c(N)c2)n1. The number of rotatable bonds is 1. The van der Waals surface area contributed by atoms with Crippen LogP contribution in [0.2, 0.25) is 0 Å². The Morgan fingerprint density at radius 1 is 1.29 bits per heavy atom. The molecule has 1 aromatic heterocycles. The molecule has 0 aliphatic carbocycles. The molecular formula is C11H12N2O. The van der Waals surface area contributed by atoms with Gasteiger partial charge in [-0.25, -0.2) is 4.98 Å². The van der Waals surface area contributed by atoms with Crippen LogP contribution >= 0.6 is 0 Å². The van der Waals surface area contributed by atoms with E-state index in [2.05, 4.69) is 4.98 Å². The van der Waals surface area contributed by atoms with E-state index in [1.807, 2.05) is 32.0 Å². The maximum absolute atomic E-state index is 5.80. The van der Waals surface area contributed by atoms with Crippen LogP contribution < -0.4 is 5.73 Å². The minimum atomic E-state index is 0.620. The lowest BCUT2D eigenvalue weighted by Gasteiger charge is -2.00. The maximum atomic E-state index is 5.80. The molecule has 2 N–H and O–H groups in total. The molecule has 2 rings (SSSR count). The molecule has 1 heterocycles. The van der Waals surface area contributed by atoms with Crippen molar-refractivity contribution in [3.8, 4) is 11.5 Å². The van der Waals surface area contributed by atoms with Gasteiger partial charge in [0, 0.05) is 11.3 Å². The molecule has 0 fully saturated rings. The van der Waals surface area contributed by atoms with Crippen LogP contribution in [0, 0.1) is 13.8 Å². The fourth-order valence-electron chi connectivity index (χ4n) is 1.26. The van der Waals surface area contributed by atoms with E-state index < -0.39 is 0 Å². The highest BCUT2D eigenvalue weighted by atomic mass is 16.3. The molecule has 3 heteroatoms. The summed E-state index contributed by atoms with van der Waals surface area (Å²) in [7, 11) is 0. The molecule has 0 unspecified atom stereocenters. The first-order valence-electron chi connectivity index (χ1n) is 4.45. The Kier molecular flexibility index (Phi) is 2.00. The Morgan fingerprint density at radius 3 is 2.64 bits per heavy atom. The first-order chi connectivity index (χ1) is 6.66. The lowest BCUT2D eigenvalue weighted by Crippen LogP contribution is -1.89. The van der Waals surface area contributed by atoms with Crippen LogP contribution in [0.4, 0.5) is 5.69 Å². The van der Waals surface area contributed by atoms with Crippen molar-refractivity contribution in [2.75, 3.05) is 5.73 Å². The summed E-state index contributed by atoms with van der Waals surface area (Å²) in [5.74, 6) is 0.620. The van der Waals surface area contributed by atoms with E-state index in [9.17, 15) is 0 Å². The Bertz CT molecular complexity index is 460. The number of hydrogen-bond acceptors (Lipinski definition) is 3. The molecular weight excluding hydrogens is 176 g/mol. The second kappa shape index (κ2) is 3.18. The molecule has 14 heavy (non-hydrogen) atoms. The van der Waals surface area contributed by atoms with Crippen molar-refractivity contribution in [3.05, 3.63) is 35.7 Å². The largest absolute Gasteiger partial charge is 0.444 e. The summed E-state index contributed by atoms with van der Waals surface area (Å²) >= 11 is 0. The molecule has 0 amide bonds. The summed E-state index contributed by atoms with van der Waals surface area (Å²) in [6.07, 6.45) is 1.63. The molecule has 0 spiro atoms. The van der Waals surface area contributed by atoms with E-state index in [1.54, 1.807) is 6.26 Å². The monoisotopic (exact) mass is 188 g/mol. The fraction of sp³-hybridized carbons (Fsp3) is 0.182. The van der Waals surface area contributed by atoms with Gasteiger partial charge in [-0.05, 0) is 31.5 Å². The number of nitrogens with two attached hydrogens (primary N) is 1. The number of oxazole rings is 1. The standard InChI is InChI=1S/C11H12N2O/c1-7-3-4-9(5-10(7)12)11-13-8(2)6-14-11/h3-6H,12H2,1-2H3. The minimum absolute atomic E-state index is 0.620. The minimum Gasteiger partial charge on any atom is -0.444 e. The number of benzene rings is 1. The molecule has 0 bridgehead atoms. The zero-order valence-electron chi connectivity index (χ0n) is 8.24. The van der Waals surface area contributed by atoms with Gasteiger partial charge >= 0.3 is 0 Å². The zero-order valence-corrected chi connectivity index (χ0v) is 8.24. The molecule has 3 nitrogen and oxygen atoms in total. The second-order valence-electron chi connectivity index (χ2n) is 3.37. The fourth-order valence-corrected chi connectivity index (χ4v) is 1.26. The van der Waals surface area contributed by atoms with Gasteiger partial charge in [0.2, 0.25) is 5.89 Å². The van der Waals surface area contributed by atoms with Gasteiger partial charge in [-0.2, -0.15) is 0 Å². The van der Waals surface area contributed by atoms with Crippen molar-refractivity contribution in [2.24, 2.45) is 0 Å². The van der Waals surface area contributed by atoms with Crippen LogP contribution in [-0.4, -0.2) is 4.98 Å². The van der Waals surface area contributed by atoms with E-state index in [-0.39, 0.29) is 0 Å². The van der Waals surface area contributed by atoms with Crippen LogP contribution in [-0.2, 0) is 0 Å². The van der Waals surface area contributed by atoms with Gasteiger partial charge in [-0.15, -0.1) is 0 Å². The van der Waals surface area contributed by atoms with Gasteiger partial charge in [0.25, 0.3) is 0 Å². The van der Waals surface area contributed by atoms with Crippen molar-refractivity contribution in [3.63, 3.8) is 0 Å². The molecule has 1 aromatic carbocycles. The highest BCUT2D eigenvalue weighted by Crippen LogP contribution is 2.22. The number of nitrogen functional groups attached to an aromatic ring is 1. The topological polar surface area (TPSA) is 52.0 Å². The molecule has 0 saturated carbocycles. The third-order valence-corrected chi connectivity index (χ3v) is 2.15. The summed E-state index contributed by atoms with van der Waals surface area (Å²) < 4.78 is 5.28. The van der Waals surface area contributed by atoms with Crippen molar-refractivity contribution < 1.29 is 4.42 Å². The average molecular weight is 188 g/mol. The van der Waals surface area contributed by atoms with Gasteiger partial charge in [0.05, 0.1) is 5.69 Å². The summed E-state index contributed by atoms with van der Waals surface area (Å²) in [5.41, 5.74) is 9.42. The molecule has 0 atom stereocenters. The predicted molar refractivity (Wildman–Crippen MR) is 55.8 cm³/mol. The van der Waals surface area contributed by atoms with Gasteiger partial charge in [-0.1, -0.05) is 6.07 Å². The van der Waals surface area contributed by atoms with Crippen LogP contribution in [0.5, 0.6) is 0 Å². The van der Waals surface area contributed by atoms with Gasteiger partial charge in [0.15, 0.2) is 0 Å². The van der Waals surface area contributed by atoms with E-state index in [0.29, 0.717) is 5.89 Å². The normalized spacial score (nSPS) is 10.4. The Labute approximate surface area is 82.6 Å². The van der Waals surface area contributed by atoms with Crippen LogP contribution in [0.25, 0.3) is 11.5 Å². The van der Waals surface area contributed by atoms with Crippen LogP contribution in [0.1, 0.15) is 11.3 Å². The quantitative estimate of drug-likeness (QED) is 0.699. The van der Waals surface area contributed by atoms with E-state index in [0.717, 1.165) is 22.5 Å². The van der Waals surface area contributed by atoms with Gasteiger partial charge in [0.1, 0.15) is 6.26 Å². The van der Waals surface area contributed by atoms with Crippen LogP contribution in [0.3, 0.4) is 0 Å². The van der Waals surface area contributed by atoms with Crippen molar-refractivity contribution in [1.82, 2.24) is 4.98 Å². The first-order valence-corrected chi connectivity index (χ1v) is 4.45. The number of hydrogen-bond donors (Lipinski definition) is 1. The van der Waals surface area contributed by atoms with Gasteiger partial charge in [-0.3, -0.25) is 0 Å². The number of aryl methyl sites for hydroxylation is 2. The summed E-state index contributed by atoms with van der Waals surface area (Å²) in [6.45, 7) is 3.87. The summed E-state index contributed by atoms with van der Waals surface area (Å²) in [5, 5.41) is 0. The molecule has 72 valence electrons. The summed E-state index contributed by atoms with van der Waals surface area (Å²) in [6, 6.07) is 5.79. The molecule has 0 aliphatic rings. The third kappa shape index (κ3) is 1.48. The van der Waals surface area contributed by atoms with Crippen molar-refractivity contribution in [2.45, 2.75) is 13.8 Å². The zero-order chi connectivity index (χ0) is 10.1. The lowest BCUT2D eigenvalue weighted by atomic mass is 10.1. The Hall–Kier alpha value is -1.77. The Balaban J connectivity index is 2.47. The molecule has 2 aromatic rings. The summed E-state index contributed by atoms with van der Waals surface area (Å²) in [4.78, 5) is 4.23.